The van der Waals surface area contributed by atoms with E-state index in [-0.39, 0.29) is 11.9 Å². The molecule has 8 heteroatoms. The second kappa shape index (κ2) is 11.3. The molecule has 0 unspecified atom stereocenters. The number of carbonyl (C=O) groups excluding carboxylic acids is 2. The molecular formula is C26H28ClFN2O3S. The second-order valence-electron chi connectivity index (χ2n) is 8.72. The zero-order chi connectivity index (χ0) is 24.1. The standard InChI is InChI=1S/C16H22FNO.C10H6ClNO2S/c17-15-12-13(4-3-11-18-9-1-2-10-18)5-8-16(15)19-14-6-7-14;11-6-2-1-5-3-8(9(13)10(12)14)15-7(5)4-6/h5,8,12,14H,1-4,6-7,9-11H2;1-4H,(H2,12,14). The van der Waals surface area contributed by atoms with Crippen molar-refractivity contribution in [3.05, 3.63) is 63.7 Å². The third-order valence-electron chi connectivity index (χ3n) is 5.88. The van der Waals surface area contributed by atoms with Crippen LogP contribution < -0.4 is 10.5 Å². The van der Waals surface area contributed by atoms with Crippen LogP contribution >= 0.6 is 22.9 Å². The number of nitrogens with zero attached hydrogens (tertiary/aromatic N) is 1. The van der Waals surface area contributed by atoms with Crippen molar-refractivity contribution in [1.82, 2.24) is 4.90 Å². The summed E-state index contributed by atoms with van der Waals surface area (Å²) >= 11 is 7.01. The molecule has 0 atom stereocenters. The summed E-state index contributed by atoms with van der Waals surface area (Å²) in [5, 5.41) is 1.48. The average Bonchev–Trinajstić information content (AvgIpc) is 3.29. The van der Waals surface area contributed by atoms with Gasteiger partial charge in [-0.1, -0.05) is 23.7 Å². The highest BCUT2D eigenvalue weighted by Crippen LogP contribution is 2.29. The number of primary amides is 1. The van der Waals surface area contributed by atoms with Gasteiger partial charge < -0.3 is 15.4 Å². The van der Waals surface area contributed by atoms with Gasteiger partial charge in [0, 0.05) is 9.72 Å². The van der Waals surface area contributed by atoms with Gasteiger partial charge in [-0.25, -0.2) is 4.39 Å². The lowest BCUT2D eigenvalue weighted by molar-refractivity contribution is -0.114. The minimum Gasteiger partial charge on any atom is -0.487 e. The Morgan fingerprint density at radius 1 is 1.12 bits per heavy atom. The number of halogens is 2. The van der Waals surface area contributed by atoms with Gasteiger partial charge in [0.15, 0.2) is 11.6 Å². The van der Waals surface area contributed by atoms with E-state index in [1.165, 1.54) is 37.3 Å². The Bertz CT molecular complexity index is 1170. The Morgan fingerprint density at radius 2 is 1.88 bits per heavy atom. The molecule has 2 aliphatic rings. The van der Waals surface area contributed by atoms with Crippen molar-refractivity contribution in [3.8, 4) is 5.75 Å². The largest absolute Gasteiger partial charge is 0.487 e. The molecule has 1 aliphatic heterocycles. The quantitative estimate of drug-likeness (QED) is 0.320. The summed E-state index contributed by atoms with van der Waals surface area (Å²) in [6, 6.07) is 12.4. The number of thiophene rings is 1. The summed E-state index contributed by atoms with van der Waals surface area (Å²) in [7, 11) is 0. The molecule has 0 radical (unpaired) electrons. The first-order valence-electron chi connectivity index (χ1n) is 11.6. The minimum atomic E-state index is -0.937. The number of likely N-dealkylation sites (tertiary alicyclic amines) is 1. The summed E-state index contributed by atoms with van der Waals surface area (Å²) in [4.78, 5) is 24.8. The maximum Gasteiger partial charge on any atom is 0.290 e. The zero-order valence-electron chi connectivity index (χ0n) is 18.9. The number of nitrogens with two attached hydrogens (primary N) is 1. The summed E-state index contributed by atoms with van der Waals surface area (Å²) in [5.74, 6) is -1.38. The highest BCUT2D eigenvalue weighted by molar-refractivity contribution is 7.21. The van der Waals surface area contributed by atoms with Crippen LogP contribution in [0.25, 0.3) is 10.1 Å². The van der Waals surface area contributed by atoms with Gasteiger partial charge in [0.1, 0.15) is 0 Å². The Labute approximate surface area is 207 Å². The van der Waals surface area contributed by atoms with Gasteiger partial charge in [-0.2, -0.15) is 0 Å². The SMILES string of the molecule is Fc1cc(CCCN2CCCC2)ccc1OC1CC1.NC(=O)C(=O)c1cc2ccc(Cl)cc2s1. The van der Waals surface area contributed by atoms with Gasteiger partial charge in [0.25, 0.3) is 11.7 Å². The molecule has 2 heterocycles. The predicted molar refractivity (Wildman–Crippen MR) is 134 cm³/mol. The molecule has 5 rings (SSSR count). The minimum absolute atomic E-state index is 0.203. The van der Waals surface area contributed by atoms with E-state index in [0.717, 1.165) is 47.9 Å². The van der Waals surface area contributed by atoms with Gasteiger partial charge >= 0.3 is 0 Å². The lowest BCUT2D eigenvalue weighted by atomic mass is 10.1. The third kappa shape index (κ3) is 6.78. The van der Waals surface area contributed by atoms with Crippen molar-refractivity contribution in [2.24, 2.45) is 5.73 Å². The first kappa shape index (κ1) is 24.6. The molecule has 5 nitrogen and oxygen atoms in total. The van der Waals surface area contributed by atoms with E-state index >= 15 is 0 Å². The van der Waals surface area contributed by atoms with Crippen LogP contribution in [-0.2, 0) is 11.2 Å². The number of benzene rings is 2. The number of ether oxygens (including phenoxy) is 1. The topological polar surface area (TPSA) is 72.6 Å². The number of Topliss-reactive ketones (excluding diaryl/α,β-unsaturated/α-hetero) is 1. The fourth-order valence-electron chi connectivity index (χ4n) is 3.91. The highest BCUT2D eigenvalue weighted by atomic mass is 35.5. The lowest BCUT2D eigenvalue weighted by Gasteiger charge is -2.14. The average molecular weight is 503 g/mol. The summed E-state index contributed by atoms with van der Waals surface area (Å²) in [6.07, 6.45) is 7.13. The number of carbonyl (C=O) groups is 2. The first-order valence-corrected chi connectivity index (χ1v) is 12.8. The normalized spacial score (nSPS) is 15.7. The number of rotatable bonds is 8. The molecule has 2 fully saturated rings. The predicted octanol–water partition coefficient (Wildman–Crippen LogP) is 5.62. The summed E-state index contributed by atoms with van der Waals surface area (Å²) in [6.45, 7) is 3.62. The molecule has 1 aromatic heterocycles. The van der Waals surface area contributed by atoms with Gasteiger partial charge in [0.05, 0.1) is 11.0 Å². The van der Waals surface area contributed by atoms with Crippen molar-refractivity contribution >= 4 is 44.7 Å². The van der Waals surface area contributed by atoms with Gasteiger partial charge in [-0.05, 0) is 99.4 Å². The number of amides is 1. The van der Waals surface area contributed by atoms with Crippen molar-refractivity contribution in [3.63, 3.8) is 0 Å². The maximum atomic E-state index is 13.8. The van der Waals surface area contributed by atoms with E-state index in [1.807, 2.05) is 6.07 Å². The van der Waals surface area contributed by atoms with Crippen molar-refractivity contribution < 1.29 is 18.7 Å². The van der Waals surface area contributed by atoms with E-state index in [1.54, 1.807) is 36.4 Å². The lowest BCUT2D eigenvalue weighted by Crippen LogP contribution is -2.21. The van der Waals surface area contributed by atoms with E-state index in [0.29, 0.717) is 15.6 Å². The smallest absolute Gasteiger partial charge is 0.290 e. The number of hydrogen-bond acceptors (Lipinski definition) is 5. The molecule has 3 aromatic rings. The molecule has 180 valence electrons. The fraction of sp³-hybridized carbons (Fsp3) is 0.385. The van der Waals surface area contributed by atoms with E-state index in [4.69, 9.17) is 22.1 Å². The van der Waals surface area contributed by atoms with Crippen LogP contribution in [0.5, 0.6) is 5.75 Å². The molecule has 2 N–H and O–H groups in total. The molecule has 1 amide bonds. The van der Waals surface area contributed by atoms with Crippen LogP contribution in [0.1, 0.15) is 47.3 Å². The van der Waals surface area contributed by atoms with E-state index in [2.05, 4.69) is 4.90 Å². The van der Waals surface area contributed by atoms with Gasteiger partial charge in [-0.3, -0.25) is 9.59 Å². The molecule has 0 spiro atoms. The summed E-state index contributed by atoms with van der Waals surface area (Å²) in [5.41, 5.74) is 6.00. The van der Waals surface area contributed by atoms with Gasteiger partial charge in [-0.15, -0.1) is 11.3 Å². The maximum absolute atomic E-state index is 13.8. The zero-order valence-corrected chi connectivity index (χ0v) is 20.5. The highest BCUT2D eigenvalue weighted by Gasteiger charge is 2.24. The van der Waals surface area contributed by atoms with Crippen molar-refractivity contribution in [1.29, 1.82) is 0 Å². The van der Waals surface area contributed by atoms with Crippen molar-refractivity contribution in [2.75, 3.05) is 19.6 Å². The van der Waals surface area contributed by atoms with Crippen LogP contribution in [0.15, 0.2) is 42.5 Å². The molecule has 34 heavy (non-hydrogen) atoms. The monoisotopic (exact) mass is 502 g/mol. The molecule has 2 aromatic carbocycles. The fourth-order valence-corrected chi connectivity index (χ4v) is 5.20. The van der Waals surface area contributed by atoms with Crippen LogP contribution in [-0.4, -0.2) is 42.3 Å². The number of hydrogen-bond donors (Lipinski definition) is 1. The summed E-state index contributed by atoms with van der Waals surface area (Å²) < 4.78 is 20.2. The molecule has 0 bridgehead atoms. The van der Waals surface area contributed by atoms with Crippen LogP contribution in [0, 0.1) is 5.82 Å². The van der Waals surface area contributed by atoms with E-state index < -0.39 is 11.7 Å². The van der Waals surface area contributed by atoms with Gasteiger partial charge in [0.2, 0.25) is 0 Å². The molecular weight excluding hydrogens is 475 g/mol. The second-order valence-corrected chi connectivity index (χ2v) is 10.2. The Hall–Kier alpha value is -2.48. The Balaban J connectivity index is 0.000000166. The van der Waals surface area contributed by atoms with Crippen molar-refractivity contribution in [2.45, 2.75) is 44.6 Å². The number of aryl methyl sites for hydroxylation is 1. The molecule has 1 saturated heterocycles. The van der Waals surface area contributed by atoms with Crippen LogP contribution in [0.4, 0.5) is 4.39 Å². The molecule has 1 aliphatic carbocycles. The number of fused-ring (bicyclic) bond motifs is 1. The van der Waals surface area contributed by atoms with Crippen LogP contribution in [0.3, 0.4) is 0 Å². The number of ketones is 1. The Kier molecular flexibility index (Phi) is 8.19. The van der Waals surface area contributed by atoms with Crippen LogP contribution in [0.2, 0.25) is 5.02 Å². The third-order valence-corrected chi connectivity index (χ3v) is 7.21. The Morgan fingerprint density at radius 3 is 2.56 bits per heavy atom. The molecule has 1 saturated carbocycles. The van der Waals surface area contributed by atoms with E-state index in [9.17, 15) is 14.0 Å². The first-order chi connectivity index (χ1) is 16.4.